The van der Waals surface area contributed by atoms with E-state index in [4.69, 9.17) is 17.3 Å². The van der Waals surface area contributed by atoms with E-state index in [0.717, 1.165) is 25.1 Å². The van der Waals surface area contributed by atoms with Gasteiger partial charge in [-0.15, -0.1) is 0 Å². The second-order valence-electron chi connectivity index (χ2n) is 5.93. The highest BCUT2D eigenvalue weighted by atomic mass is 35.5. The van der Waals surface area contributed by atoms with Gasteiger partial charge in [-0.3, -0.25) is 0 Å². The van der Waals surface area contributed by atoms with Crippen molar-refractivity contribution < 1.29 is 8.42 Å². The molecule has 136 valence electrons. The van der Waals surface area contributed by atoms with Crippen molar-refractivity contribution in [3.05, 3.63) is 64.7 Å². The van der Waals surface area contributed by atoms with E-state index in [2.05, 4.69) is 21.8 Å². The van der Waals surface area contributed by atoms with Crippen molar-refractivity contribution in [2.24, 2.45) is 5.73 Å². The number of nitrogens with zero attached hydrogens (tertiary/aromatic N) is 1. The molecule has 7 heteroatoms. The lowest BCUT2D eigenvalue weighted by molar-refractivity contribution is 0.322. The van der Waals surface area contributed by atoms with Gasteiger partial charge in [0.2, 0.25) is 10.0 Å². The van der Waals surface area contributed by atoms with Crippen LogP contribution in [0.1, 0.15) is 17.5 Å². The van der Waals surface area contributed by atoms with Crippen LogP contribution in [0.25, 0.3) is 0 Å². The van der Waals surface area contributed by atoms with Crippen molar-refractivity contribution >= 4 is 21.6 Å². The molecule has 3 N–H and O–H groups in total. The Morgan fingerprint density at radius 2 is 1.88 bits per heavy atom. The first kappa shape index (κ1) is 19.9. The van der Waals surface area contributed by atoms with Crippen molar-refractivity contribution in [3.8, 4) is 0 Å². The monoisotopic (exact) mass is 381 g/mol. The molecule has 0 unspecified atom stereocenters. The van der Waals surface area contributed by atoms with Gasteiger partial charge in [0.1, 0.15) is 0 Å². The maximum atomic E-state index is 12.3. The molecule has 0 heterocycles. The molecule has 2 aromatic rings. The second kappa shape index (κ2) is 9.31. The summed E-state index contributed by atoms with van der Waals surface area (Å²) in [6.45, 7) is 2.28. The minimum atomic E-state index is -3.56. The first-order valence-electron chi connectivity index (χ1n) is 8.13. The summed E-state index contributed by atoms with van der Waals surface area (Å²) in [5, 5.41) is 0.368. The van der Waals surface area contributed by atoms with Gasteiger partial charge in [0.15, 0.2) is 0 Å². The molecule has 0 aliphatic rings. The van der Waals surface area contributed by atoms with E-state index in [9.17, 15) is 8.42 Å². The zero-order valence-corrected chi connectivity index (χ0v) is 15.9. The van der Waals surface area contributed by atoms with Crippen molar-refractivity contribution in [3.63, 3.8) is 0 Å². The van der Waals surface area contributed by atoms with Crippen LogP contribution < -0.4 is 10.5 Å². The van der Waals surface area contributed by atoms with Gasteiger partial charge in [-0.25, -0.2) is 13.1 Å². The van der Waals surface area contributed by atoms with Crippen LogP contribution in [0.4, 0.5) is 0 Å². The molecule has 0 amide bonds. The van der Waals surface area contributed by atoms with E-state index < -0.39 is 10.0 Å². The van der Waals surface area contributed by atoms with Crippen molar-refractivity contribution in [1.29, 1.82) is 0 Å². The Labute approximate surface area is 154 Å². The van der Waals surface area contributed by atoms with Gasteiger partial charge in [0.05, 0.1) is 4.90 Å². The number of nitrogens with two attached hydrogens (primary N) is 1. The molecule has 0 aromatic heterocycles. The summed E-state index contributed by atoms with van der Waals surface area (Å²) in [7, 11) is -1.54. The third-order valence-electron chi connectivity index (χ3n) is 3.86. The minimum absolute atomic E-state index is 0.160. The van der Waals surface area contributed by atoms with Crippen LogP contribution in [-0.4, -0.2) is 33.5 Å². The minimum Gasteiger partial charge on any atom is -0.326 e. The largest absolute Gasteiger partial charge is 0.326 e. The average Bonchev–Trinajstić information content (AvgIpc) is 2.59. The average molecular weight is 382 g/mol. The number of nitrogens with one attached hydrogen (secondary N) is 1. The lowest BCUT2D eigenvalue weighted by Gasteiger charge is -2.16. The van der Waals surface area contributed by atoms with Crippen LogP contribution >= 0.6 is 11.6 Å². The Hall–Kier alpha value is -1.44. The zero-order chi connectivity index (χ0) is 18.3. The SMILES string of the molecule is CN(CCCNS(=O)(=O)c1ccc(CN)c(Cl)c1)Cc1ccccc1. The molecule has 2 aromatic carbocycles. The van der Waals surface area contributed by atoms with Gasteiger partial charge in [-0.1, -0.05) is 48.0 Å². The summed E-state index contributed by atoms with van der Waals surface area (Å²) in [6.07, 6.45) is 0.719. The number of hydrogen-bond acceptors (Lipinski definition) is 4. The third-order valence-corrected chi connectivity index (χ3v) is 5.67. The van der Waals surface area contributed by atoms with Gasteiger partial charge < -0.3 is 10.6 Å². The Kier molecular flexibility index (Phi) is 7.40. The highest BCUT2D eigenvalue weighted by molar-refractivity contribution is 7.89. The maximum Gasteiger partial charge on any atom is 0.240 e. The van der Waals surface area contributed by atoms with E-state index in [0.29, 0.717) is 11.6 Å². The van der Waals surface area contributed by atoms with Gasteiger partial charge in [0.25, 0.3) is 0 Å². The van der Waals surface area contributed by atoms with Crippen LogP contribution in [0.5, 0.6) is 0 Å². The molecule has 0 bridgehead atoms. The van der Waals surface area contributed by atoms with E-state index in [-0.39, 0.29) is 11.4 Å². The Bertz CT molecular complexity index is 782. The fraction of sp³-hybridized carbons (Fsp3) is 0.333. The predicted molar refractivity (Wildman–Crippen MR) is 102 cm³/mol. The van der Waals surface area contributed by atoms with Crippen molar-refractivity contribution in [2.45, 2.75) is 24.4 Å². The van der Waals surface area contributed by atoms with Gasteiger partial charge in [-0.05, 0) is 43.3 Å². The lowest BCUT2D eigenvalue weighted by Crippen LogP contribution is -2.28. The molecular formula is C18H24ClN3O2S. The van der Waals surface area contributed by atoms with Crippen molar-refractivity contribution in [2.75, 3.05) is 20.1 Å². The highest BCUT2D eigenvalue weighted by Gasteiger charge is 2.15. The van der Waals surface area contributed by atoms with Gasteiger partial charge in [-0.2, -0.15) is 0 Å². The molecule has 0 saturated carbocycles. The van der Waals surface area contributed by atoms with Crippen LogP contribution in [-0.2, 0) is 23.1 Å². The van der Waals surface area contributed by atoms with Crippen molar-refractivity contribution in [1.82, 2.24) is 9.62 Å². The van der Waals surface area contributed by atoms with E-state index in [1.807, 2.05) is 25.2 Å². The summed E-state index contributed by atoms with van der Waals surface area (Å²) < 4.78 is 27.2. The summed E-state index contributed by atoms with van der Waals surface area (Å²) in [4.78, 5) is 2.32. The molecule has 0 saturated heterocycles. The molecule has 0 fully saturated rings. The fourth-order valence-electron chi connectivity index (χ4n) is 2.47. The number of halogens is 1. The smallest absolute Gasteiger partial charge is 0.240 e. The van der Waals surface area contributed by atoms with Crippen LogP contribution in [0, 0.1) is 0 Å². The Morgan fingerprint density at radius 1 is 1.16 bits per heavy atom. The first-order chi connectivity index (χ1) is 11.9. The van der Waals surface area contributed by atoms with E-state index >= 15 is 0 Å². The number of rotatable bonds is 9. The molecule has 2 rings (SSSR count). The zero-order valence-electron chi connectivity index (χ0n) is 14.3. The predicted octanol–water partition coefficient (Wildman–Crippen LogP) is 2.60. The number of benzene rings is 2. The summed E-state index contributed by atoms with van der Waals surface area (Å²) >= 11 is 6.04. The molecule has 5 nitrogen and oxygen atoms in total. The van der Waals surface area contributed by atoms with E-state index in [1.165, 1.54) is 17.7 Å². The molecule has 0 atom stereocenters. The van der Waals surface area contributed by atoms with Crippen LogP contribution in [0.2, 0.25) is 5.02 Å². The van der Waals surface area contributed by atoms with Gasteiger partial charge in [0, 0.05) is 24.7 Å². The van der Waals surface area contributed by atoms with Crippen LogP contribution in [0.15, 0.2) is 53.4 Å². The normalized spacial score (nSPS) is 11.8. The lowest BCUT2D eigenvalue weighted by atomic mass is 10.2. The first-order valence-corrected chi connectivity index (χ1v) is 9.99. The van der Waals surface area contributed by atoms with Crippen LogP contribution in [0.3, 0.4) is 0 Å². The molecule has 25 heavy (non-hydrogen) atoms. The van der Waals surface area contributed by atoms with E-state index in [1.54, 1.807) is 6.07 Å². The highest BCUT2D eigenvalue weighted by Crippen LogP contribution is 2.20. The Balaban J connectivity index is 1.81. The molecule has 0 radical (unpaired) electrons. The topological polar surface area (TPSA) is 75.4 Å². The summed E-state index contributed by atoms with van der Waals surface area (Å²) in [6, 6.07) is 14.8. The van der Waals surface area contributed by atoms with Gasteiger partial charge >= 0.3 is 0 Å². The number of hydrogen-bond donors (Lipinski definition) is 2. The molecule has 0 spiro atoms. The third kappa shape index (κ3) is 6.09. The quantitative estimate of drug-likeness (QED) is 0.654. The molecule has 0 aliphatic carbocycles. The summed E-state index contributed by atoms with van der Waals surface area (Å²) in [5.74, 6) is 0. The molecular weight excluding hydrogens is 358 g/mol. The Morgan fingerprint density at radius 3 is 2.52 bits per heavy atom. The standard InChI is InChI=1S/C18H24ClN3O2S/c1-22(14-15-6-3-2-4-7-15)11-5-10-21-25(23,24)17-9-8-16(13-20)18(19)12-17/h2-4,6-9,12,21H,5,10-11,13-14,20H2,1H3. The summed E-state index contributed by atoms with van der Waals surface area (Å²) in [5.41, 5.74) is 7.50. The second-order valence-corrected chi connectivity index (χ2v) is 8.11. The fourth-order valence-corrected chi connectivity index (χ4v) is 3.90. The number of sulfonamides is 1. The molecule has 0 aliphatic heterocycles. The maximum absolute atomic E-state index is 12.3.